The maximum atomic E-state index is 13.0. The molecule has 0 aliphatic carbocycles. The first-order valence-electron chi connectivity index (χ1n) is 10.6. The molecule has 0 radical (unpaired) electrons. The summed E-state index contributed by atoms with van der Waals surface area (Å²) in [6.45, 7) is 3.16. The highest BCUT2D eigenvalue weighted by molar-refractivity contribution is 7.89. The summed E-state index contributed by atoms with van der Waals surface area (Å²) in [5.74, 6) is 2.41. The number of aliphatic imine (C=N–C) groups is 1. The van der Waals surface area contributed by atoms with Crippen LogP contribution in [0.15, 0.2) is 52.4 Å². The van der Waals surface area contributed by atoms with Crippen molar-refractivity contribution in [1.29, 1.82) is 0 Å². The fraction of sp³-hybridized carbons (Fsp3) is 0.409. The average Bonchev–Trinajstić information content (AvgIpc) is 3.27. The van der Waals surface area contributed by atoms with Crippen LogP contribution in [0.1, 0.15) is 18.4 Å². The van der Waals surface area contributed by atoms with Crippen molar-refractivity contribution in [3.8, 4) is 11.5 Å². The van der Waals surface area contributed by atoms with Gasteiger partial charge in [-0.2, -0.15) is 4.31 Å². The molecule has 0 aromatic heterocycles. The molecular weight excluding hydrogens is 452 g/mol. The molecule has 170 valence electrons. The molecule has 1 fully saturated rings. The lowest BCUT2D eigenvalue weighted by molar-refractivity contribution is 0.174. The number of benzene rings is 2. The zero-order valence-corrected chi connectivity index (χ0v) is 19.1. The highest BCUT2D eigenvalue weighted by Gasteiger charge is 2.43. The fourth-order valence-corrected chi connectivity index (χ4v) is 6.00. The Hall–Kier alpha value is -2.33. The van der Waals surface area contributed by atoms with Crippen molar-refractivity contribution in [1.82, 2.24) is 14.9 Å². The Labute approximate surface area is 192 Å². The van der Waals surface area contributed by atoms with Crippen molar-refractivity contribution in [2.75, 3.05) is 33.0 Å². The summed E-state index contributed by atoms with van der Waals surface area (Å²) in [5, 5.41) is 7.61. The van der Waals surface area contributed by atoms with Gasteiger partial charge in [0, 0.05) is 31.2 Å². The summed E-state index contributed by atoms with van der Waals surface area (Å²) in [6.07, 6.45) is 1.29. The normalized spacial score (nSPS) is 20.2. The maximum absolute atomic E-state index is 13.0. The number of fused-ring (bicyclic) bond motifs is 1. The first kappa shape index (κ1) is 21.5. The van der Waals surface area contributed by atoms with Crippen molar-refractivity contribution < 1.29 is 17.9 Å². The van der Waals surface area contributed by atoms with Gasteiger partial charge in [0.05, 0.1) is 17.0 Å². The fourth-order valence-electron chi connectivity index (χ4n) is 4.44. The van der Waals surface area contributed by atoms with E-state index in [1.54, 1.807) is 28.6 Å². The number of halogens is 1. The Morgan fingerprint density at radius 1 is 1.09 bits per heavy atom. The monoisotopic (exact) mass is 476 g/mol. The number of nitrogens with zero attached hydrogens (tertiary/aromatic N) is 2. The average molecular weight is 477 g/mol. The van der Waals surface area contributed by atoms with Gasteiger partial charge in [-0.3, -0.25) is 4.99 Å². The van der Waals surface area contributed by atoms with Gasteiger partial charge < -0.3 is 20.1 Å². The lowest BCUT2D eigenvalue weighted by Crippen LogP contribution is -2.64. The molecule has 5 rings (SSSR count). The van der Waals surface area contributed by atoms with E-state index in [1.807, 2.05) is 18.2 Å². The first-order valence-corrected chi connectivity index (χ1v) is 12.5. The van der Waals surface area contributed by atoms with Crippen LogP contribution in [0.5, 0.6) is 11.5 Å². The molecule has 32 heavy (non-hydrogen) atoms. The number of ether oxygens (including phenoxy) is 2. The molecular formula is C22H25ClN4O4S. The lowest BCUT2D eigenvalue weighted by Gasteiger charge is -2.44. The molecule has 2 aromatic carbocycles. The van der Waals surface area contributed by atoms with Crippen molar-refractivity contribution in [3.05, 3.63) is 53.1 Å². The van der Waals surface area contributed by atoms with E-state index in [1.165, 1.54) is 0 Å². The SMILES string of the molecule is O=S(=O)(c1ccc(Cl)cc1)N1CCC2(CC1)NCCN=C2NCc1ccc2c(c1)OCO2. The van der Waals surface area contributed by atoms with E-state index in [-0.39, 0.29) is 17.2 Å². The molecule has 0 saturated carbocycles. The van der Waals surface area contributed by atoms with Gasteiger partial charge in [-0.25, -0.2) is 8.42 Å². The van der Waals surface area contributed by atoms with E-state index < -0.39 is 10.0 Å². The van der Waals surface area contributed by atoms with Crippen LogP contribution in [0.25, 0.3) is 0 Å². The van der Waals surface area contributed by atoms with Crippen LogP contribution in [0.2, 0.25) is 5.02 Å². The molecule has 2 N–H and O–H groups in total. The third-order valence-corrected chi connectivity index (χ3v) is 8.39. The molecule has 8 nitrogen and oxygen atoms in total. The molecule has 0 atom stereocenters. The number of sulfonamides is 1. The van der Waals surface area contributed by atoms with E-state index in [9.17, 15) is 8.42 Å². The maximum Gasteiger partial charge on any atom is 0.243 e. The molecule has 0 bridgehead atoms. The molecule has 3 heterocycles. The summed E-state index contributed by atoms with van der Waals surface area (Å²) < 4.78 is 38.5. The van der Waals surface area contributed by atoms with Gasteiger partial charge in [0.2, 0.25) is 16.8 Å². The largest absolute Gasteiger partial charge is 0.454 e. The number of amidine groups is 1. The van der Waals surface area contributed by atoms with E-state index in [4.69, 9.17) is 26.1 Å². The van der Waals surface area contributed by atoms with Gasteiger partial charge in [0.1, 0.15) is 5.84 Å². The minimum atomic E-state index is -3.55. The van der Waals surface area contributed by atoms with Gasteiger partial charge in [0.15, 0.2) is 11.5 Å². The van der Waals surface area contributed by atoms with Crippen molar-refractivity contribution in [3.63, 3.8) is 0 Å². The molecule has 3 aliphatic heterocycles. The first-order chi connectivity index (χ1) is 15.5. The summed E-state index contributed by atoms with van der Waals surface area (Å²) in [4.78, 5) is 5.02. The van der Waals surface area contributed by atoms with Crippen molar-refractivity contribution >= 4 is 27.5 Å². The van der Waals surface area contributed by atoms with Crippen LogP contribution in [0, 0.1) is 0 Å². The predicted molar refractivity (Wildman–Crippen MR) is 122 cm³/mol. The van der Waals surface area contributed by atoms with E-state index in [0.29, 0.717) is 44.0 Å². The molecule has 10 heteroatoms. The van der Waals surface area contributed by atoms with Crippen molar-refractivity contribution in [2.45, 2.75) is 29.8 Å². The Kier molecular flexibility index (Phi) is 5.75. The predicted octanol–water partition coefficient (Wildman–Crippen LogP) is 2.38. The molecule has 2 aromatic rings. The number of nitrogens with one attached hydrogen (secondary N) is 2. The standard InChI is InChI=1S/C22H25ClN4O4S/c23-17-2-4-18(5-3-17)32(28,29)27-11-7-22(8-12-27)21(24-9-10-26-22)25-14-16-1-6-19-20(13-16)31-15-30-19/h1-6,13,26H,7-12,14-15H2,(H,24,25). The summed E-state index contributed by atoms with van der Waals surface area (Å²) >= 11 is 5.91. The Bertz CT molecular complexity index is 1130. The van der Waals surface area contributed by atoms with E-state index in [2.05, 4.69) is 10.6 Å². The quantitative estimate of drug-likeness (QED) is 0.704. The number of rotatable bonds is 4. The zero-order valence-electron chi connectivity index (χ0n) is 17.5. The van der Waals surface area contributed by atoms with Crippen LogP contribution in [0.3, 0.4) is 0 Å². The van der Waals surface area contributed by atoms with Gasteiger partial charge >= 0.3 is 0 Å². The van der Waals surface area contributed by atoms with Crippen molar-refractivity contribution in [2.24, 2.45) is 4.99 Å². The molecule has 1 saturated heterocycles. The lowest BCUT2D eigenvalue weighted by atomic mass is 9.85. The van der Waals surface area contributed by atoms with E-state index in [0.717, 1.165) is 29.4 Å². The second kappa shape index (κ2) is 8.55. The third kappa shape index (κ3) is 4.05. The highest BCUT2D eigenvalue weighted by Crippen LogP contribution is 2.33. The second-order valence-corrected chi connectivity index (χ2v) is 10.5. The van der Waals surface area contributed by atoms with Crippen LogP contribution >= 0.6 is 11.6 Å². The topological polar surface area (TPSA) is 92.3 Å². The van der Waals surface area contributed by atoms with Crippen LogP contribution in [-0.4, -0.2) is 57.1 Å². The van der Waals surface area contributed by atoms with Gasteiger partial charge in [-0.1, -0.05) is 17.7 Å². The Balaban J connectivity index is 1.27. The van der Waals surface area contributed by atoms with Gasteiger partial charge in [0.25, 0.3) is 0 Å². The number of hydrogen-bond donors (Lipinski definition) is 2. The van der Waals surface area contributed by atoms with Crippen LogP contribution in [0.4, 0.5) is 0 Å². The third-order valence-electron chi connectivity index (χ3n) is 6.22. The summed E-state index contributed by atoms with van der Waals surface area (Å²) in [6, 6.07) is 12.2. The zero-order chi connectivity index (χ0) is 22.2. The molecule has 0 unspecified atom stereocenters. The van der Waals surface area contributed by atoms with Gasteiger partial charge in [-0.15, -0.1) is 0 Å². The molecule has 0 amide bonds. The smallest absolute Gasteiger partial charge is 0.243 e. The molecule has 1 spiro atoms. The summed E-state index contributed by atoms with van der Waals surface area (Å²) in [5.41, 5.74) is 0.723. The van der Waals surface area contributed by atoms with Gasteiger partial charge in [-0.05, 0) is 54.8 Å². The summed E-state index contributed by atoms with van der Waals surface area (Å²) in [7, 11) is -3.55. The Morgan fingerprint density at radius 3 is 2.62 bits per heavy atom. The van der Waals surface area contributed by atoms with Crippen LogP contribution < -0.4 is 20.1 Å². The van der Waals surface area contributed by atoms with Crippen LogP contribution in [-0.2, 0) is 16.6 Å². The number of piperidine rings is 1. The minimum Gasteiger partial charge on any atom is -0.454 e. The second-order valence-electron chi connectivity index (χ2n) is 8.14. The molecule has 3 aliphatic rings. The minimum absolute atomic E-state index is 0.251. The number of hydrogen-bond acceptors (Lipinski definition) is 7. The van der Waals surface area contributed by atoms with E-state index >= 15 is 0 Å². The highest BCUT2D eigenvalue weighted by atomic mass is 35.5. The Morgan fingerprint density at radius 2 is 1.84 bits per heavy atom.